The Morgan fingerprint density at radius 3 is 2.61 bits per heavy atom. The fourth-order valence-corrected chi connectivity index (χ4v) is 1.80. The SMILES string of the molecule is Cc1ccccc1OCc1cccc(CC#N)c1. The van der Waals surface area contributed by atoms with E-state index in [1.165, 1.54) is 0 Å². The topological polar surface area (TPSA) is 33.0 Å². The van der Waals surface area contributed by atoms with Gasteiger partial charge in [0.1, 0.15) is 12.4 Å². The molecule has 2 rings (SSSR count). The van der Waals surface area contributed by atoms with E-state index in [0.29, 0.717) is 13.0 Å². The van der Waals surface area contributed by atoms with Crippen LogP contribution in [0.3, 0.4) is 0 Å². The number of hydrogen-bond donors (Lipinski definition) is 0. The van der Waals surface area contributed by atoms with E-state index in [4.69, 9.17) is 10.00 Å². The molecule has 0 radical (unpaired) electrons. The molecule has 2 aromatic carbocycles. The second kappa shape index (κ2) is 5.88. The van der Waals surface area contributed by atoms with Gasteiger partial charge in [-0.15, -0.1) is 0 Å². The molecular formula is C16H15NO. The van der Waals surface area contributed by atoms with E-state index in [1.807, 2.05) is 55.5 Å². The molecule has 18 heavy (non-hydrogen) atoms. The number of ether oxygens (including phenoxy) is 1. The zero-order valence-corrected chi connectivity index (χ0v) is 10.4. The molecule has 0 fully saturated rings. The first-order chi connectivity index (χ1) is 8.79. The Bertz CT molecular complexity index is 569. The summed E-state index contributed by atoms with van der Waals surface area (Å²) in [6.07, 6.45) is 0.443. The Morgan fingerprint density at radius 1 is 1.06 bits per heavy atom. The van der Waals surface area contributed by atoms with Crippen molar-refractivity contribution in [1.29, 1.82) is 5.26 Å². The van der Waals surface area contributed by atoms with Crippen LogP contribution >= 0.6 is 0 Å². The molecule has 2 heteroatoms. The van der Waals surface area contributed by atoms with Crippen molar-refractivity contribution in [3.05, 3.63) is 65.2 Å². The summed E-state index contributed by atoms with van der Waals surface area (Å²) in [5, 5.41) is 8.67. The van der Waals surface area contributed by atoms with Gasteiger partial charge in [-0.2, -0.15) is 5.26 Å². The molecule has 0 unspecified atom stereocenters. The molecule has 0 heterocycles. The third kappa shape index (κ3) is 3.11. The van der Waals surface area contributed by atoms with Crippen LogP contribution < -0.4 is 4.74 Å². The summed E-state index contributed by atoms with van der Waals surface area (Å²) in [4.78, 5) is 0. The summed E-state index contributed by atoms with van der Waals surface area (Å²) in [7, 11) is 0. The number of aryl methyl sites for hydroxylation is 1. The van der Waals surface area contributed by atoms with Crippen LogP contribution in [0.1, 0.15) is 16.7 Å². The van der Waals surface area contributed by atoms with E-state index in [-0.39, 0.29) is 0 Å². The molecule has 2 aromatic rings. The number of nitrogens with zero attached hydrogens (tertiary/aromatic N) is 1. The van der Waals surface area contributed by atoms with Crippen LogP contribution in [0.4, 0.5) is 0 Å². The first-order valence-electron chi connectivity index (χ1n) is 5.93. The van der Waals surface area contributed by atoms with Crippen LogP contribution in [-0.4, -0.2) is 0 Å². The molecule has 90 valence electrons. The predicted molar refractivity (Wildman–Crippen MR) is 71.3 cm³/mol. The average Bonchev–Trinajstić information content (AvgIpc) is 2.39. The fourth-order valence-electron chi connectivity index (χ4n) is 1.80. The highest BCUT2D eigenvalue weighted by Crippen LogP contribution is 2.18. The van der Waals surface area contributed by atoms with Gasteiger partial charge in [-0.1, -0.05) is 42.5 Å². The van der Waals surface area contributed by atoms with Gasteiger partial charge in [-0.25, -0.2) is 0 Å². The summed E-state index contributed by atoms with van der Waals surface area (Å²) in [5.41, 5.74) is 3.25. The van der Waals surface area contributed by atoms with Crippen molar-refractivity contribution in [2.75, 3.05) is 0 Å². The summed E-state index contributed by atoms with van der Waals surface area (Å²) < 4.78 is 5.77. The minimum atomic E-state index is 0.443. The summed E-state index contributed by atoms with van der Waals surface area (Å²) in [6, 6.07) is 18.1. The maximum Gasteiger partial charge on any atom is 0.122 e. The normalized spacial score (nSPS) is 9.78. The maximum atomic E-state index is 8.67. The first-order valence-corrected chi connectivity index (χ1v) is 5.93. The fraction of sp³-hybridized carbons (Fsp3) is 0.188. The van der Waals surface area contributed by atoms with Gasteiger partial charge in [0.15, 0.2) is 0 Å². The van der Waals surface area contributed by atoms with E-state index >= 15 is 0 Å². The highest BCUT2D eigenvalue weighted by Gasteiger charge is 2.00. The molecular weight excluding hydrogens is 222 g/mol. The van der Waals surface area contributed by atoms with Gasteiger partial charge in [-0.05, 0) is 29.7 Å². The molecule has 0 N–H and O–H groups in total. The third-order valence-corrected chi connectivity index (χ3v) is 2.76. The van der Waals surface area contributed by atoms with Crippen molar-refractivity contribution >= 4 is 0 Å². The smallest absolute Gasteiger partial charge is 0.122 e. The van der Waals surface area contributed by atoms with E-state index < -0.39 is 0 Å². The standard InChI is InChI=1S/C16H15NO/c1-13-5-2-3-8-16(13)18-12-15-7-4-6-14(11-15)9-10-17/h2-8,11H,9,12H2,1H3. The van der Waals surface area contributed by atoms with Gasteiger partial charge >= 0.3 is 0 Å². The van der Waals surface area contributed by atoms with E-state index in [1.54, 1.807) is 0 Å². The molecule has 0 aliphatic rings. The second-order valence-corrected chi connectivity index (χ2v) is 4.21. The molecule has 0 aromatic heterocycles. The number of benzene rings is 2. The number of para-hydroxylation sites is 1. The van der Waals surface area contributed by atoms with E-state index in [9.17, 15) is 0 Å². The Hall–Kier alpha value is -2.27. The molecule has 0 aliphatic heterocycles. The highest BCUT2D eigenvalue weighted by molar-refractivity contribution is 5.32. The summed E-state index contributed by atoms with van der Waals surface area (Å²) >= 11 is 0. The monoisotopic (exact) mass is 237 g/mol. The van der Waals surface area contributed by atoms with Crippen LogP contribution in [-0.2, 0) is 13.0 Å². The number of rotatable bonds is 4. The molecule has 0 saturated heterocycles. The van der Waals surface area contributed by atoms with Gasteiger partial charge in [0.05, 0.1) is 12.5 Å². The Labute approximate surface area is 107 Å². The lowest BCUT2D eigenvalue weighted by Gasteiger charge is -2.09. The van der Waals surface area contributed by atoms with Crippen LogP contribution in [0.25, 0.3) is 0 Å². The minimum Gasteiger partial charge on any atom is -0.489 e. The van der Waals surface area contributed by atoms with E-state index in [0.717, 1.165) is 22.4 Å². The van der Waals surface area contributed by atoms with Gasteiger partial charge in [0, 0.05) is 0 Å². The van der Waals surface area contributed by atoms with Crippen molar-refractivity contribution in [3.63, 3.8) is 0 Å². The summed E-state index contributed by atoms with van der Waals surface area (Å²) in [5.74, 6) is 0.906. The van der Waals surface area contributed by atoms with Gasteiger partial charge in [-0.3, -0.25) is 0 Å². The van der Waals surface area contributed by atoms with Gasteiger partial charge < -0.3 is 4.74 Å². The van der Waals surface area contributed by atoms with Crippen LogP contribution in [0, 0.1) is 18.3 Å². The Balaban J connectivity index is 2.04. The molecule has 0 spiro atoms. The van der Waals surface area contributed by atoms with Crippen molar-refractivity contribution in [2.24, 2.45) is 0 Å². The number of hydrogen-bond acceptors (Lipinski definition) is 2. The van der Waals surface area contributed by atoms with Gasteiger partial charge in [0.25, 0.3) is 0 Å². The Kier molecular flexibility index (Phi) is 3.98. The summed E-state index contributed by atoms with van der Waals surface area (Å²) in [6.45, 7) is 2.56. The van der Waals surface area contributed by atoms with Crippen LogP contribution in [0.5, 0.6) is 5.75 Å². The minimum absolute atomic E-state index is 0.443. The lowest BCUT2D eigenvalue weighted by Crippen LogP contribution is -1.97. The molecule has 0 atom stereocenters. The molecule has 0 bridgehead atoms. The van der Waals surface area contributed by atoms with Crippen molar-refractivity contribution in [3.8, 4) is 11.8 Å². The molecule has 0 aliphatic carbocycles. The molecule has 2 nitrogen and oxygen atoms in total. The zero-order valence-electron chi connectivity index (χ0n) is 10.4. The van der Waals surface area contributed by atoms with Crippen molar-refractivity contribution in [1.82, 2.24) is 0 Å². The lowest BCUT2D eigenvalue weighted by molar-refractivity contribution is 0.304. The van der Waals surface area contributed by atoms with Crippen LogP contribution in [0.15, 0.2) is 48.5 Å². The quantitative estimate of drug-likeness (QED) is 0.813. The molecule has 0 amide bonds. The first kappa shape index (κ1) is 12.2. The van der Waals surface area contributed by atoms with Crippen molar-refractivity contribution in [2.45, 2.75) is 20.0 Å². The largest absolute Gasteiger partial charge is 0.489 e. The predicted octanol–water partition coefficient (Wildman–Crippen LogP) is 3.64. The maximum absolute atomic E-state index is 8.67. The average molecular weight is 237 g/mol. The van der Waals surface area contributed by atoms with Crippen molar-refractivity contribution < 1.29 is 4.74 Å². The zero-order chi connectivity index (χ0) is 12.8. The Morgan fingerprint density at radius 2 is 1.83 bits per heavy atom. The van der Waals surface area contributed by atoms with Crippen LogP contribution in [0.2, 0.25) is 0 Å². The second-order valence-electron chi connectivity index (χ2n) is 4.21. The van der Waals surface area contributed by atoms with E-state index in [2.05, 4.69) is 6.07 Å². The third-order valence-electron chi connectivity index (χ3n) is 2.76. The lowest BCUT2D eigenvalue weighted by atomic mass is 10.1. The number of nitriles is 1. The molecule has 0 saturated carbocycles. The van der Waals surface area contributed by atoms with Gasteiger partial charge in [0.2, 0.25) is 0 Å². The highest BCUT2D eigenvalue weighted by atomic mass is 16.5.